The van der Waals surface area contributed by atoms with Crippen LogP contribution in [0.1, 0.15) is 156 Å². The van der Waals surface area contributed by atoms with E-state index in [0.29, 0.717) is 5.91 Å². The van der Waals surface area contributed by atoms with Crippen LogP contribution in [0.25, 0.3) is 0 Å². The highest BCUT2D eigenvalue weighted by Crippen LogP contribution is 2.13. The molecular weight excluding hydrogens is 354 g/mol. The molecule has 1 saturated heterocycles. The normalized spacial score (nSPS) is 13.6. The highest BCUT2D eigenvalue weighted by Gasteiger charge is 2.18. The van der Waals surface area contributed by atoms with Crippen molar-refractivity contribution < 1.29 is 4.79 Å². The molecule has 174 valence electrons. The van der Waals surface area contributed by atoms with Gasteiger partial charge in [0, 0.05) is 19.5 Å². The zero-order chi connectivity index (χ0) is 21.4. The first-order valence-electron chi connectivity index (χ1n) is 13.5. The summed E-state index contributed by atoms with van der Waals surface area (Å²) in [5.41, 5.74) is 0. The molecule has 1 aliphatic heterocycles. The molecule has 1 fully saturated rings. The quantitative estimate of drug-likeness (QED) is 0.195. The lowest BCUT2D eigenvalue weighted by molar-refractivity contribution is -0.127. The molecule has 0 bridgehead atoms. The van der Waals surface area contributed by atoms with Gasteiger partial charge in [0.2, 0.25) is 5.91 Å². The Kier molecular flexibility index (Phi) is 23.3. The maximum absolute atomic E-state index is 11.4. The summed E-state index contributed by atoms with van der Waals surface area (Å²) in [5, 5.41) is 0. The number of unbranched alkanes of at least 4 members (excludes halogenated alkanes) is 17. The molecule has 0 spiro atoms. The lowest BCUT2D eigenvalue weighted by Crippen LogP contribution is -2.25. The van der Waals surface area contributed by atoms with Gasteiger partial charge in [0.05, 0.1) is 0 Å². The van der Waals surface area contributed by atoms with Crippen molar-refractivity contribution in [1.29, 1.82) is 0 Å². The Morgan fingerprint density at radius 3 is 1.21 bits per heavy atom. The van der Waals surface area contributed by atoms with Gasteiger partial charge in [0.15, 0.2) is 0 Å². The van der Waals surface area contributed by atoms with Crippen LogP contribution in [0.3, 0.4) is 0 Å². The van der Waals surface area contributed by atoms with E-state index >= 15 is 0 Å². The first kappa shape index (κ1) is 28.5. The van der Waals surface area contributed by atoms with Crippen LogP contribution < -0.4 is 0 Å². The molecule has 0 radical (unpaired) electrons. The van der Waals surface area contributed by atoms with Gasteiger partial charge in [-0.3, -0.25) is 4.79 Å². The predicted molar refractivity (Wildman–Crippen MR) is 131 cm³/mol. The molecule has 29 heavy (non-hydrogen) atoms. The smallest absolute Gasteiger partial charge is 0.222 e. The molecule has 0 aromatic rings. The number of carbonyl (C=O) groups is 1. The summed E-state index contributed by atoms with van der Waals surface area (Å²) in [7, 11) is 0. The van der Waals surface area contributed by atoms with Crippen LogP contribution in [0.4, 0.5) is 0 Å². The van der Waals surface area contributed by atoms with Crippen molar-refractivity contribution in [1.82, 2.24) is 4.90 Å². The van der Waals surface area contributed by atoms with Gasteiger partial charge in [-0.2, -0.15) is 0 Å². The fourth-order valence-electron chi connectivity index (χ4n) is 4.11. The second-order valence-electron chi connectivity index (χ2n) is 9.14. The van der Waals surface area contributed by atoms with Crippen molar-refractivity contribution in [2.45, 2.75) is 156 Å². The van der Waals surface area contributed by atoms with E-state index in [-0.39, 0.29) is 0 Å². The van der Waals surface area contributed by atoms with E-state index in [4.69, 9.17) is 0 Å². The largest absolute Gasteiger partial charge is 0.343 e. The Balaban J connectivity index is 0.000000614. The molecular formula is C27H55NO. The van der Waals surface area contributed by atoms with Crippen LogP contribution >= 0.6 is 0 Å². The Morgan fingerprint density at radius 1 is 0.552 bits per heavy atom. The van der Waals surface area contributed by atoms with Gasteiger partial charge in [0.1, 0.15) is 0 Å². The highest BCUT2D eigenvalue weighted by atomic mass is 16.2. The molecule has 1 amide bonds. The third kappa shape index (κ3) is 20.5. The van der Waals surface area contributed by atoms with Crippen molar-refractivity contribution >= 4 is 5.91 Å². The molecule has 0 atom stereocenters. The maximum Gasteiger partial charge on any atom is 0.222 e. The molecule has 0 saturated carbocycles. The SMILES string of the molecule is CCCCCCCCCCC.CCCCCCCCCCCCN1CCCC1=O. The summed E-state index contributed by atoms with van der Waals surface area (Å²) < 4.78 is 0. The minimum absolute atomic E-state index is 0.380. The highest BCUT2D eigenvalue weighted by molar-refractivity contribution is 5.77. The fraction of sp³-hybridized carbons (Fsp3) is 0.963. The zero-order valence-corrected chi connectivity index (χ0v) is 20.6. The van der Waals surface area contributed by atoms with Gasteiger partial charge < -0.3 is 4.90 Å². The minimum atomic E-state index is 0.380. The second kappa shape index (κ2) is 23.7. The maximum atomic E-state index is 11.4. The van der Waals surface area contributed by atoms with Crippen molar-refractivity contribution in [3.8, 4) is 0 Å². The van der Waals surface area contributed by atoms with Crippen LogP contribution in [-0.2, 0) is 4.79 Å². The summed E-state index contributed by atoms with van der Waals surface area (Å²) in [4.78, 5) is 13.4. The van der Waals surface area contributed by atoms with Gasteiger partial charge in [-0.15, -0.1) is 0 Å². The number of hydrogen-bond donors (Lipinski definition) is 0. The Labute approximate surface area is 184 Å². The van der Waals surface area contributed by atoms with Crippen LogP contribution in [-0.4, -0.2) is 23.9 Å². The molecule has 2 nitrogen and oxygen atoms in total. The van der Waals surface area contributed by atoms with E-state index in [1.165, 1.54) is 122 Å². The van der Waals surface area contributed by atoms with Crippen LogP contribution in [0.2, 0.25) is 0 Å². The van der Waals surface area contributed by atoms with Crippen molar-refractivity contribution in [3.05, 3.63) is 0 Å². The molecule has 2 heteroatoms. The lowest BCUT2D eigenvalue weighted by atomic mass is 10.1. The number of rotatable bonds is 19. The van der Waals surface area contributed by atoms with Gasteiger partial charge >= 0.3 is 0 Å². The first-order valence-corrected chi connectivity index (χ1v) is 13.5. The molecule has 0 unspecified atom stereocenters. The second-order valence-corrected chi connectivity index (χ2v) is 9.14. The van der Waals surface area contributed by atoms with Gasteiger partial charge in [-0.1, -0.05) is 136 Å². The van der Waals surface area contributed by atoms with Crippen LogP contribution in [0.5, 0.6) is 0 Å². The number of nitrogens with zero attached hydrogens (tertiary/aromatic N) is 1. The summed E-state index contributed by atoms with van der Waals surface area (Å²) in [5.74, 6) is 0.380. The third-order valence-electron chi connectivity index (χ3n) is 6.16. The zero-order valence-electron chi connectivity index (χ0n) is 20.6. The molecule has 0 aliphatic carbocycles. The summed E-state index contributed by atoms with van der Waals surface area (Å²) in [6.07, 6.45) is 28.5. The minimum Gasteiger partial charge on any atom is -0.343 e. The molecule has 0 N–H and O–H groups in total. The van der Waals surface area contributed by atoms with E-state index in [0.717, 1.165) is 25.9 Å². The van der Waals surface area contributed by atoms with Gasteiger partial charge in [-0.25, -0.2) is 0 Å². The Bertz CT molecular complexity index is 320. The monoisotopic (exact) mass is 409 g/mol. The van der Waals surface area contributed by atoms with Gasteiger partial charge in [0.25, 0.3) is 0 Å². The van der Waals surface area contributed by atoms with E-state index in [2.05, 4.69) is 20.8 Å². The molecule has 0 aromatic carbocycles. The molecule has 1 rings (SSSR count). The number of amides is 1. The fourth-order valence-corrected chi connectivity index (χ4v) is 4.11. The number of carbonyl (C=O) groups excluding carboxylic acids is 1. The van der Waals surface area contributed by atoms with Crippen LogP contribution in [0, 0.1) is 0 Å². The average Bonchev–Trinajstić information content (AvgIpc) is 3.14. The topological polar surface area (TPSA) is 20.3 Å². The lowest BCUT2D eigenvalue weighted by Gasteiger charge is -2.14. The standard InChI is InChI=1S/C16H31NO.C11H24/c1-2-3-4-5-6-7-8-9-10-11-14-17-15-12-13-16(17)18;1-3-5-7-9-11-10-8-6-4-2/h2-15H2,1H3;3-11H2,1-2H3. The molecule has 1 heterocycles. The first-order chi connectivity index (χ1) is 14.3. The van der Waals surface area contributed by atoms with Crippen LogP contribution in [0.15, 0.2) is 0 Å². The molecule has 0 aromatic heterocycles. The van der Waals surface area contributed by atoms with E-state index in [1.807, 2.05) is 4.90 Å². The Morgan fingerprint density at radius 2 is 0.897 bits per heavy atom. The third-order valence-corrected chi connectivity index (χ3v) is 6.16. The van der Waals surface area contributed by atoms with E-state index in [1.54, 1.807) is 0 Å². The summed E-state index contributed by atoms with van der Waals surface area (Å²) in [6, 6.07) is 0. The van der Waals surface area contributed by atoms with Crippen molar-refractivity contribution in [2.24, 2.45) is 0 Å². The average molecular weight is 410 g/mol. The number of likely N-dealkylation sites (tertiary alicyclic amines) is 1. The summed E-state index contributed by atoms with van der Waals surface area (Å²) >= 11 is 0. The Hall–Kier alpha value is -0.530. The predicted octanol–water partition coefficient (Wildman–Crippen LogP) is 9.07. The summed E-state index contributed by atoms with van der Waals surface area (Å²) in [6.45, 7) is 8.84. The number of hydrogen-bond acceptors (Lipinski definition) is 1. The van der Waals surface area contributed by atoms with E-state index < -0.39 is 0 Å². The molecule has 1 aliphatic rings. The van der Waals surface area contributed by atoms with E-state index in [9.17, 15) is 4.79 Å². The van der Waals surface area contributed by atoms with Crippen molar-refractivity contribution in [2.75, 3.05) is 13.1 Å². The van der Waals surface area contributed by atoms with Gasteiger partial charge in [-0.05, 0) is 12.8 Å². The van der Waals surface area contributed by atoms with Crippen molar-refractivity contribution in [3.63, 3.8) is 0 Å².